The number of nitrogens with one attached hydrogen (secondary N) is 1. The minimum atomic E-state index is -0.781. The molecule has 136 valence electrons. The molecule has 0 aromatic carbocycles. The summed E-state index contributed by atoms with van der Waals surface area (Å²) in [5.74, 6) is 2.77. The summed E-state index contributed by atoms with van der Waals surface area (Å²) in [6.45, 7) is 7.20. The highest BCUT2D eigenvalue weighted by molar-refractivity contribution is 7.85. The predicted octanol–water partition coefficient (Wildman–Crippen LogP) is 0.115. The summed E-state index contributed by atoms with van der Waals surface area (Å²) in [6.07, 6.45) is 0.843. The Bertz CT molecular complexity index is 661. The number of ether oxygens (including phenoxy) is 1. The first-order chi connectivity index (χ1) is 12.2. The molecule has 2 fully saturated rings. The molecule has 1 aromatic heterocycles. The van der Waals surface area contributed by atoms with Crippen LogP contribution in [0.25, 0.3) is 0 Å². The highest BCUT2D eigenvalue weighted by Crippen LogP contribution is 2.29. The van der Waals surface area contributed by atoms with Crippen LogP contribution in [-0.2, 0) is 10.8 Å². The molecule has 0 bridgehead atoms. The van der Waals surface area contributed by atoms with Gasteiger partial charge >= 0.3 is 0 Å². The Labute approximate surface area is 150 Å². The van der Waals surface area contributed by atoms with E-state index in [1.807, 2.05) is 11.8 Å². The number of nitriles is 1. The van der Waals surface area contributed by atoms with E-state index in [0.717, 1.165) is 32.6 Å². The molecule has 0 unspecified atom stereocenters. The zero-order valence-electron chi connectivity index (χ0n) is 14.5. The van der Waals surface area contributed by atoms with E-state index in [-0.39, 0.29) is 0 Å². The predicted molar refractivity (Wildman–Crippen MR) is 97.7 cm³/mol. The van der Waals surface area contributed by atoms with Crippen molar-refractivity contribution in [2.75, 3.05) is 67.2 Å². The van der Waals surface area contributed by atoms with Crippen molar-refractivity contribution in [3.63, 3.8) is 0 Å². The lowest BCUT2D eigenvalue weighted by atomic mass is 10.2. The maximum atomic E-state index is 11.7. The van der Waals surface area contributed by atoms with Gasteiger partial charge in [-0.15, -0.1) is 0 Å². The first-order valence-electron chi connectivity index (χ1n) is 8.73. The Balaban J connectivity index is 1.97. The van der Waals surface area contributed by atoms with Crippen molar-refractivity contribution < 1.29 is 8.95 Å². The van der Waals surface area contributed by atoms with Gasteiger partial charge in [0.2, 0.25) is 11.8 Å². The fraction of sp³-hybridized carbons (Fsp3) is 0.688. The molecule has 3 rings (SSSR count). The molecule has 0 radical (unpaired) electrons. The van der Waals surface area contributed by atoms with Crippen LogP contribution in [0.3, 0.4) is 0 Å². The van der Waals surface area contributed by atoms with E-state index in [2.05, 4.69) is 21.3 Å². The van der Waals surface area contributed by atoms with E-state index in [1.54, 1.807) is 0 Å². The lowest BCUT2D eigenvalue weighted by Gasteiger charge is -2.31. The van der Waals surface area contributed by atoms with Crippen molar-refractivity contribution in [2.24, 2.45) is 0 Å². The standard InChI is InChI=1S/C16H24N6O2S/c1-2-9-24-15-13(12-17)14(21-7-10-25(23)11-8-21)19-16(20-15)22-5-3-18-4-6-22/h18H,2-11H2,1H3. The van der Waals surface area contributed by atoms with Crippen molar-refractivity contribution in [3.05, 3.63) is 5.56 Å². The largest absolute Gasteiger partial charge is 0.477 e. The van der Waals surface area contributed by atoms with Crippen LogP contribution in [0.1, 0.15) is 18.9 Å². The van der Waals surface area contributed by atoms with Gasteiger partial charge in [0, 0.05) is 61.6 Å². The summed E-state index contributed by atoms with van der Waals surface area (Å²) in [5.41, 5.74) is 0.375. The van der Waals surface area contributed by atoms with Gasteiger partial charge in [-0.1, -0.05) is 6.92 Å². The second kappa shape index (κ2) is 8.45. The topological polar surface area (TPSA) is 94.4 Å². The SMILES string of the molecule is CCCOc1nc(N2CCNCC2)nc(N2CCS(=O)CC2)c1C#N. The number of rotatable bonds is 5. The van der Waals surface area contributed by atoms with Crippen LogP contribution in [0.5, 0.6) is 5.88 Å². The van der Waals surface area contributed by atoms with Crippen molar-refractivity contribution in [2.45, 2.75) is 13.3 Å². The minimum absolute atomic E-state index is 0.356. The van der Waals surface area contributed by atoms with E-state index in [4.69, 9.17) is 9.72 Å². The number of hydrogen-bond acceptors (Lipinski definition) is 8. The minimum Gasteiger partial charge on any atom is -0.477 e. The molecule has 2 aliphatic rings. The first-order valence-corrected chi connectivity index (χ1v) is 10.2. The van der Waals surface area contributed by atoms with Crippen LogP contribution in [0.4, 0.5) is 11.8 Å². The molecule has 2 saturated heterocycles. The molecule has 1 N–H and O–H groups in total. The summed E-state index contributed by atoms with van der Waals surface area (Å²) >= 11 is 0. The maximum absolute atomic E-state index is 11.7. The molecule has 9 heteroatoms. The second-order valence-electron chi connectivity index (χ2n) is 6.06. The van der Waals surface area contributed by atoms with E-state index < -0.39 is 10.8 Å². The van der Waals surface area contributed by atoms with Crippen LogP contribution in [-0.4, -0.2) is 71.6 Å². The molecule has 0 aliphatic carbocycles. The van der Waals surface area contributed by atoms with Crippen LogP contribution in [0.15, 0.2) is 0 Å². The molecule has 2 aliphatic heterocycles. The second-order valence-corrected chi connectivity index (χ2v) is 7.76. The molecule has 0 spiro atoms. The molecule has 25 heavy (non-hydrogen) atoms. The van der Waals surface area contributed by atoms with Gasteiger partial charge in [0.15, 0.2) is 11.4 Å². The lowest BCUT2D eigenvalue weighted by molar-refractivity contribution is 0.303. The molecule has 0 saturated carbocycles. The van der Waals surface area contributed by atoms with Crippen LogP contribution in [0, 0.1) is 11.3 Å². The van der Waals surface area contributed by atoms with E-state index in [1.165, 1.54) is 0 Å². The van der Waals surface area contributed by atoms with E-state index in [0.29, 0.717) is 54.4 Å². The number of nitrogens with zero attached hydrogens (tertiary/aromatic N) is 5. The van der Waals surface area contributed by atoms with Gasteiger partial charge in [0.1, 0.15) is 6.07 Å². The third-order valence-electron chi connectivity index (χ3n) is 4.28. The van der Waals surface area contributed by atoms with Crippen molar-refractivity contribution >= 4 is 22.6 Å². The Hall–Kier alpha value is -1.92. The highest BCUT2D eigenvalue weighted by Gasteiger charge is 2.26. The molecule has 0 amide bonds. The van der Waals surface area contributed by atoms with Gasteiger partial charge in [-0.3, -0.25) is 4.21 Å². The quantitative estimate of drug-likeness (QED) is 0.787. The number of hydrogen-bond donors (Lipinski definition) is 1. The molecule has 0 atom stereocenters. The number of anilines is 2. The smallest absolute Gasteiger partial charge is 0.238 e. The summed E-state index contributed by atoms with van der Waals surface area (Å²) in [4.78, 5) is 13.4. The van der Waals surface area contributed by atoms with Crippen LogP contribution < -0.4 is 19.9 Å². The van der Waals surface area contributed by atoms with Crippen molar-refractivity contribution in [1.82, 2.24) is 15.3 Å². The van der Waals surface area contributed by atoms with Gasteiger partial charge < -0.3 is 19.9 Å². The Morgan fingerprint density at radius 1 is 1.20 bits per heavy atom. The fourth-order valence-corrected chi connectivity index (χ4v) is 3.96. The third kappa shape index (κ3) is 4.19. The Kier molecular flexibility index (Phi) is 6.04. The molecule has 8 nitrogen and oxygen atoms in total. The zero-order chi connectivity index (χ0) is 17.6. The molecule has 3 heterocycles. The van der Waals surface area contributed by atoms with Gasteiger partial charge in [-0.05, 0) is 6.42 Å². The monoisotopic (exact) mass is 364 g/mol. The number of aromatic nitrogens is 2. The summed E-state index contributed by atoms with van der Waals surface area (Å²) in [6, 6.07) is 2.21. The normalized spacial score (nSPS) is 18.9. The third-order valence-corrected chi connectivity index (χ3v) is 5.55. The molecular weight excluding hydrogens is 340 g/mol. The summed E-state index contributed by atoms with van der Waals surface area (Å²) in [7, 11) is -0.781. The Morgan fingerprint density at radius 3 is 2.56 bits per heavy atom. The number of piperazine rings is 1. The van der Waals surface area contributed by atoms with Gasteiger partial charge in [0.25, 0.3) is 0 Å². The van der Waals surface area contributed by atoms with Crippen LogP contribution >= 0.6 is 0 Å². The van der Waals surface area contributed by atoms with Crippen molar-refractivity contribution in [3.8, 4) is 11.9 Å². The van der Waals surface area contributed by atoms with Gasteiger partial charge in [-0.25, -0.2) is 0 Å². The lowest BCUT2D eigenvalue weighted by Crippen LogP contribution is -2.45. The van der Waals surface area contributed by atoms with E-state index >= 15 is 0 Å². The highest BCUT2D eigenvalue weighted by atomic mass is 32.2. The zero-order valence-corrected chi connectivity index (χ0v) is 15.3. The average Bonchev–Trinajstić information content (AvgIpc) is 2.67. The van der Waals surface area contributed by atoms with Gasteiger partial charge in [-0.2, -0.15) is 15.2 Å². The van der Waals surface area contributed by atoms with E-state index in [9.17, 15) is 9.47 Å². The van der Waals surface area contributed by atoms with Crippen molar-refractivity contribution in [1.29, 1.82) is 5.26 Å². The molecule has 1 aromatic rings. The maximum Gasteiger partial charge on any atom is 0.238 e. The van der Waals surface area contributed by atoms with Crippen LogP contribution in [0.2, 0.25) is 0 Å². The summed E-state index contributed by atoms with van der Waals surface area (Å²) in [5, 5.41) is 13.0. The first kappa shape index (κ1) is 17.9. The molecular formula is C16H24N6O2S. The Morgan fingerprint density at radius 2 is 1.92 bits per heavy atom. The fourth-order valence-electron chi connectivity index (χ4n) is 2.90. The summed E-state index contributed by atoms with van der Waals surface area (Å²) < 4.78 is 17.4. The average molecular weight is 364 g/mol. The van der Waals surface area contributed by atoms with Gasteiger partial charge in [0.05, 0.1) is 6.61 Å².